The van der Waals surface area contributed by atoms with Gasteiger partial charge in [-0.3, -0.25) is 9.78 Å². The first-order valence-electron chi connectivity index (χ1n) is 3.72. The largest absolute Gasteiger partial charge is 0.494 e. The van der Waals surface area contributed by atoms with Gasteiger partial charge >= 0.3 is 0 Å². The molecule has 0 fully saturated rings. The Morgan fingerprint density at radius 3 is 2.69 bits per heavy atom. The van der Waals surface area contributed by atoms with Gasteiger partial charge in [0.1, 0.15) is 0 Å². The summed E-state index contributed by atoms with van der Waals surface area (Å²) in [4.78, 5) is 12.9. The van der Waals surface area contributed by atoms with Crippen molar-refractivity contribution in [3.63, 3.8) is 0 Å². The molecule has 0 bridgehead atoms. The second-order valence-electron chi connectivity index (χ2n) is 2.71. The maximum Gasteiger partial charge on any atom is 0.200 e. The number of nitrogens with one attached hydrogen (secondary N) is 1. The number of fused-ring (bicyclic) bond motifs is 1. The number of hydrogen-bond donors (Lipinski definition) is 3. The smallest absolute Gasteiger partial charge is 0.200 e. The fourth-order valence-electron chi connectivity index (χ4n) is 1.37. The van der Waals surface area contributed by atoms with Gasteiger partial charge in [0, 0.05) is 10.9 Å². The number of carbonyl (C=O) groups is 1. The lowest BCUT2D eigenvalue weighted by atomic mass is 10.1. The molecule has 0 saturated heterocycles. The number of H-pyrrole nitrogens is 1. The summed E-state index contributed by atoms with van der Waals surface area (Å²) in [5.41, 5.74) is 0.353. The molecule has 2 aromatic rings. The average molecular weight is 177 g/mol. The van der Waals surface area contributed by atoms with E-state index >= 15 is 0 Å². The molecule has 0 aliphatic carbocycles. The van der Waals surface area contributed by atoms with Crippen LogP contribution in [0, 0.1) is 0 Å². The van der Waals surface area contributed by atoms with Crippen LogP contribution in [0.3, 0.4) is 0 Å². The maximum absolute atomic E-state index is 10.6. The van der Waals surface area contributed by atoms with Crippen molar-refractivity contribution < 1.29 is 15.0 Å². The molecule has 0 amide bonds. The molecule has 1 aromatic carbocycles. The molecule has 13 heavy (non-hydrogen) atoms. The summed E-state index contributed by atoms with van der Waals surface area (Å²) in [7, 11) is 0. The van der Waals surface area contributed by atoms with Gasteiger partial charge in [0.05, 0.1) is 5.39 Å². The second-order valence-corrected chi connectivity index (χ2v) is 2.71. The van der Waals surface area contributed by atoms with Gasteiger partial charge in [-0.1, -0.05) is 12.1 Å². The predicted octanol–water partition coefficient (Wildman–Crippen LogP) is 1.39. The number of carbonyl (C=O) groups excluding carboxylic acids is 1. The number of aldehydes is 1. The molecule has 3 N–H and O–H groups in total. The predicted molar refractivity (Wildman–Crippen MR) is 47.0 cm³/mol. The lowest BCUT2D eigenvalue weighted by Crippen LogP contribution is -1.79. The zero-order valence-electron chi connectivity index (χ0n) is 6.61. The summed E-state index contributed by atoms with van der Waals surface area (Å²) in [5, 5.41) is 19.4. The van der Waals surface area contributed by atoms with E-state index in [4.69, 9.17) is 0 Å². The lowest BCUT2D eigenvalue weighted by Gasteiger charge is -1.93. The highest BCUT2D eigenvalue weighted by Gasteiger charge is 2.11. The van der Waals surface area contributed by atoms with Crippen LogP contribution in [0.15, 0.2) is 18.2 Å². The van der Waals surface area contributed by atoms with Gasteiger partial charge in [-0.05, 0) is 6.07 Å². The molecular weight excluding hydrogens is 170 g/mol. The first-order chi connectivity index (χ1) is 6.24. The average Bonchev–Trinajstić information content (AvgIpc) is 2.43. The summed E-state index contributed by atoms with van der Waals surface area (Å²) >= 11 is 0. The zero-order valence-corrected chi connectivity index (χ0v) is 6.61. The monoisotopic (exact) mass is 177 g/mol. The molecule has 1 aromatic heterocycles. The Morgan fingerprint density at radius 2 is 2.00 bits per heavy atom. The molecule has 0 saturated carbocycles. The standard InChI is InChI=1S/C9H7NO3/c11-4-5-2-1-3-6-7(5)9(13)10-8(6)12/h1-4,10,12-13H. The van der Waals surface area contributed by atoms with E-state index in [0.29, 0.717) is 22.6 Å². The summed E-state index contributed by atoms with van der Waals surface area (Å²) in [5.74, 6) is -0.314. The quantitative estimate of drug-likeness (QED) is 0.576. The van der Waals surface area contributed by atoms with Crippen molar-refractivity contribution in [2.45, 2.75) is 0 Å². The molecule has 0 radical (unpaired) electrons. The molecule has 1 heterocycles. The third-order valence-corrected chi connectivity index (χ3v) is 1.95. The van der Waals surface area contributed by atoms with Crippen LogP contribution in [-0.2, 0) is 0 Å². The van der Waals surface area contributed by atoms with Crippen molar-refractivity contribution in [3.05, 3.63) is 23.8 Å². The molecule has 0 aliphatic heterocycles. The van der Waals surface area contributed by atoms with Crippen molar-refractivity contribution in [1.29, 1.82) is 0 Å². The van der Waals surface area contributed by atoms with Crippen LogP contribution in [0.1, 0.15) is 10.4 Å². The molecule has 0 spiro atoms. The zero-order chi connectivity index (χ0) is 9.42. The fourth-order valence-corrected chi connectivity index (χ4v) is 1.37. The SMILES string of the molecule is O=Cc1cccc2c(O)[nH]c(O)c12. The summed E-state index contributed by atoms with van der Waals surface area (Å²) < 4.78 is 0. The van der Waals surface area contributed by atoms with Crippen LogP contribution in [0.25, 0.3) is 10.8 Å². The number of hydrogen-bond acceptors (Lipinski definition) is 3. The highest BCUT2D eigenvalue weighted by molar-refractivity contribution is 6.03. The number of aromatic amines is 1. The Hall–Kier alpha value is -1.97. The van der Waals surface area contributed by atoms with Crippen LogP contribution < -0.4 is 0 Å². The summed E-state index contributed by atoms with van der Waals surface area (Å²) in [6, 6.07) is 4.83. The summed E-state index contributed by atoms with van der Waals surface area (Å²) in [6.07, 6.45) is 0.634. The Kier molecular flexibility index (Phi) is 1.48. The van der Waals surface area contributed by atoms with Gasteiger partial charge in [0.2, 0.25) is 0 Å². The highest BCUT2D eigenvalue weighted by atomic mass is 16.3. The summed E-state index contributed by atoms with van der Waals surface area (Å²) in [6.45, 7) is 0. The lowest BCUT2D eigenvalue weighted by molar-refractivity contribution is 0.112. The first kappa shape index (κ1) is 7.67. The van der Waals surface area contributed by atoms with Gasteiger partial charge in [-0.15, -0.1) is 0 Å². The van der Waals surface area contributed by atoms with E-state index in [0.717, 1.165) is 0 Å². The van der Waals surface area contributed by atoms with Gasteiger partial charge in [-0.25, -0.2) is 0 Å². The van der Waals surface area contributed by atoms with E-state index in [1.54, 1.807) is 18.2 Å². The van der Waals surface area contributed by atoms with Crippen molar-refractivity contribution in [2.24, 2.45) is 0 Å². The number of benzene rings is 1. The minimum absolute atomic E-state index is 0.129. The van der Waals surface area contributed by atoms with E-state index in [-0.39, 0.29) is 11.8 Å². The van der Waals surface area contributed by atoms with Gasteiger partial charge < -0.3 is 10.2 Å². The number of aromatic hydroxyl groups is 2. The molecule has 0 atom stereocenters. The third-order valence-electron chi connectivity index (χ3n) is 1.95. The number of aromatic nitrogens is 1. The maximum atomic E-state index is 10.6. The van der Waals surface area contributed by atoms with E-state index < -0.39 is 0 Å². The van der Waals surface area contributed by atoms with E-state index in [9.17, 15) is 15.0 Å². The van der Waals surface area contributed by atoms with Gasteiger partial charge in [0.15, 0.2) is 18.0 Å². The van der Waals surface area contributed by atoms with Crippen LogP contribution in [0.4, 0.5) is 0 Å². The Labute approximate surface area is 73.4 Å². The van der Waals surface area contributed by atoms with Crippen molar-refractivity contribution in [3.8, 4) is 11.8 Å². The van der Waals surface area contributed by atoms with Gasteiger partial charge in [-0.2, -0.15) is 0 Å². The van der Waals surface area contributed by atoms with Crippen LogP contribution in [0.5, 0.6) is 11.8 Å². The first-order valence-corrected chi connectivity index (χ1v) is 3.72. The highest BCUT2D eigenvalue weighted by Crippen LogP contribution is 2.33. The van der Waals surface area contributed by atoms with E-state index in [2.05, 4.69) is 4.98 Å². The second kappa shape index (κ2) is 2.52. The minimum atomic E-state index is -0.185. The Bertz CT molecular complexity index is 473. The van der Waals surface area contributed by atoms with Crippen molar-refractivity contribution >= 4 is 17.1 Å². The van der Waals surface area contributed by atoms with Crippen molar-refractivity contribution in [1.82, 2.24) is 4.98 Å². The van der Waals surface area contributed by atoms with E-state index in [1.165, 1.54) is 0 Å². The molecule has 66 valence electrons. The van der Waals surface area contributed by atoms with Gasteiger partial charge in [0.25, 0.3) is 0 Å². The molecule has 2 rings (SSSR count). The topological polar surface area (TPSA) is 73.3 Å². The molecule has 0 aliphatic rings. The Balaban J connectivity index is 2.96. The van der Waals surface area contributed by atoms with Crippen LogP contribution >= 0.6 is 0 Å². The molecular formula is C9H7NO3. The van der Waals surface area contributed by atoms with Crippen molar-refractivity contribution in [2.75, 3.05) is 0 Å². The fraction of sp³-hybridized carbons (Fsp3) is 0. The van der Waals surface area contributed by atoms with Crippen LogP contribution in [-0.4, -0.2) is 21.5 Å². The normalized spacial score (nSPS) is 10.5. The van der Waals surface area contributed by atoms with E-state index in [1.807, 2.05) is 0 Å². The third kappa shape index (κ3) is 0.955. The van der Waals surface area contributed by atoms with Crippen LogP contribution in [0.2, 0.25) is 0 Å². The minimum Gasteiger partial charge on any atom is -0.494 e. The number of rotatable bonds is 1. The molecule has 4 nitrogen and oxygen atoms in total. The molecule has 4 heteroatoms. The Morgan fingerprint density at radius 1 is 1.23 bits per heavy atom. The molecule has 0 unspecified atom stereocenters.